The predicted molar refractivity (Wildman–Crippen MR) is 137 cm³/mol. The fraction of sp³-hybridized carbons (Fsp3) is 0.138. The summed E-state index contributed by atoms with van der Waals surface area (Å²) < 4.78 is 15.6. The molecule has 2 aromatic heterocycles. The second-order valence-electron chi connectivity index (χ2n) is 8.39. The minimum Gasteiger partial charge on any atom is -0.352 e. The summed E-state index contributed by atoms with van der Waals surface area (Å²) in [5, 5.41) is 6.28. The van der Waals surface area contributed by atoms with Crippen LogP contribution in [0, 0.1) is 5.82 Å². The Morgan fingerprint density at radius 1 is 0.882 bits per heavy atom. The molecule has 34 heavy (non-hydrogen) atoms. The van der Waals surface area contributed by atoms with Gasteiger partial charge in [0.2, 0.25) is 5.91 Å². The highest BCUT2D eigenvalue weighted by molar-refractivity contribution is 7.10. The Hall–Kier alpha value is -3.70. The van der Waals surface area contributed by atoms with Gasteiger partial charge in [0.1, 0.15) is 5.82 Å². The highest BCUT2D eigenvalue weighted by Gasteiger charge is 2.23. The second kappa shape index (κ2) is 10.1. The van der Waals surface area contributed by atoms with Crippen molar-refractivity contribution in [2.75, 3.05) is 0 Å². The fourth-order valence-corrected chi connectivity index (χ4v) is 5.22. The molecule has 3 aromatic carbocycles. The van der Waals surface area contributed by atoms with Crippen molar-refractivity contribution in [2.24, 2.45) is 0 Å². The maximum absolute atomic E-state index is 13.4. The largest absolute Gasteiger partial charge is 0.352 e. The Balaban J connectivity index is 1.45. The molecule has 0 aliphatic rings. The molecule has 3 nitrogen and oxygen atoms in total. The quantitative estimate of drug-likeness (QED) is 0.269. The summed E-state index contributed by atoms with van der Waals surface area (Å²) in [6, 6.07) is 29.0. The van der Waals surface area contributed by atoms with E-state index in [0.717, 1.165) is 27.6 Å². The van der Waals surface area contributed by atoms with Crippen LogP contribution in [0.5, 0.6) is 0 Å². The molecule has 0 saturated carbocycles. The molecule has 1 amide bonds. The van der Waals surface area contributed by atoms with Gasteiger partial charge in [-0.2, -0.15) is 0 Å². The predicted octanol–water partition coefficient (Wildman–Crippen LogP) is 6.73. The maximum Gasteiger partial charge on any atom is 0.221 e. The van der Waals surface area contributed by atoms with Crippen LogP contribution in [0.15, 0.2) is 103 Å². The Morgan fingerprint density at radius 2 is 1.65 bits per heavy atom. The van der Waals surface area contributed by atoms with Crippen LogP contribution in [-0.2, 0) is 17.9 Å². The molecule has 0 spiro atoms. The first-order valence-corrected chi connectivity index (χ1v) is 12.2. The third kappa shape index (κ3) is 4.95. The first-order valence-electron chi connectivity index (χ1n) is 11.3. The van der Waals surface area contributed by atoms with E-state index in [2.05, 4.69) is 39.7 Å². The average molecular weight is 469 g/mol. The molecule has 5 aromatic rings. The lowest BCUT2D eigenvalue weighted by molar-refractivity contribution is -0.121. The van der Waals surface area contributed by atoms with Gasteiger partial charge >= 0.3 is 0 Å². The number of rotatable bonds is 8. The van der Waals surface area contributed by atoms with E-state index in [1.165, 1.54) is 17.0 Å². The zero-order valence-corrected chi connectivity index (χ0v) is 19.5. The number of nitrogens with one attached hydrogen (secondary N) is 1. The average Bonchev–Trinajstić information content (AvgIpc) is 3.52. The summed E-state index contributed by atoms with van der Waals surface area (Å²) in [6.07, 6.45) is 2.53. The molecule has 0 saturated heterocycles. The molecule has 0 aliphatic carbocycles. The molecule has 5 heteroatoms. The van der Waals surface area contributed by atoms with Gasteiger partial charge in [-0.1, -0.05) is 66.7 Å². The van der Waals surface area contributed by atoms with Gasteiger partial charge < -0.3 is 9.88 Å². The van der Waals surface area contributed by atoms with Crippen LogP contribution in [-0.4, -0.2) is 10.5 Å². The monoisotopic (exact) mass is 468 g/mol. The number of aromatic nitrogens is 1. The Morgan fingerprint density at radius 3 is 2.41 bits per heavy atom. The molecular weight excluding hydrogens is 443 g/mol. The van der Waals surface area contributed by atoms with Crippen molar-refractivity contribution < 1.29 is 9.18 Å². The van der Waals surface area contributed by atoms with E-state index in [-0.39, 0.29) is 17.6 Å². The van der Waals surface area contributed by atoms with Crippen molar-refractivity contribution in [1.29, 1.82) is 0 Å². The van der Waals surface area contributed by atoms with Crippen molar-refractivity contribution in [2.45, 2.75) is 25.4 Å². The van der Waals surface area contributed by atoms with Gasteiger partial charge in [0.05, 0.1) is 0 Å². The molecule has 0 fully saturated rings. The van der Waals surface area contributed by atoms with E-state index < -0.39 is 0 Å². The summed E-state index contributed by atoms with van der Waals surface area (Å²) in [4.78, 5) is 14.2. The number of thiophene rings is 1. The number of benzene rings is 3. The lowest BCUT2D eigenvalue weighted by Gasteiger charge is -2.15. The molecule has 170 valence electrons. The van der Waals surface area contributed by atoms with E-state index in [1.54, 1.807) is 11.3 Å². The van der Waals surface area contributed by atoms with Gasteiger partial charge in [-0.3, -0.25) is 4.79 Å². The van der Waals surface area contributed by atoms with Gasteiger partial charge in [0, 0.05) is 47.4 Å². The molecule has 5 rings (SSSR count). The smallest absolute Gasteiger partial charge is 0.221 e. The number of nitrogens with zero attached hydrogens (tertiary/aromatic N) is 1. The van der Waals surface area contributed by atoms with Crippen LogP contribution in [0.25, 0.3) is 10.9 Å². The van der Waals surface area contributed by atoms with E-state index in [0.29, 0.717) is 19.5 Å². The number of halogens is 1. The molecule has 0 radical (unpaired) electrons. The Labute approximate surface area is 202 Å². The lowest BCUT2D eigenvalue weighted by atomic mass is 9.93. The summed E-state index contributed by atoms with van der Waals surface area (Å²) in [5.74, 6) is -0.256. The van der Waals surface area contributed by atoms with Crippen molar-refractivity contribution in [1.82, 2.24) is 9.88 Å². The highest BCUT2D eigenvalue weighted by atomic mass is 32.1. The highest BCUT2D eigenvalue weighted by Crippen LogP contribution is 2.37. The molecule has 1 N–H and O–H groups in total. The summed E-state index contributed by atoms with van der Waals surface area (Å²) in [6.45, 7) is 1.15. The summed E-state index contributed by atoms with van der Waals surface area (Å²) in [7, 11) is 0. The van der Waals surface area contributed by atoms with E-state index >= 15 is 0 Å². The van der Waals surface area contributed by atoms with Crippen LogP contribution in [0.2, 0.25) is 0 Å². The molecule has 1 atom stereocenters. The second-order valence-corrected chi connectivity index (χ2v) is 9.37. The topological polar surface area (TPSA) is 34.0 Å². The Kier molecular flexibility index (Phi) is 6.54. The minimum atomic E-state index is -0.235. The fourth-order valence-electron chi connectivity index (χ4n) is 4.38. The van der Waals surface area contributed by atoms with Crippen LogP contribution >= 0.6 is 11.3 Å². The number of carbonyl (C=O) groups excluding carboxylic acids is 1. The number of fused-ring (bicyclic) bond motifs is 1. The standard InChI is InChI=1S/C29H25FN2OS/c30-23-14-12-22(13-15-23)19-32-20-26(24-9-4-5-10-27(24)32)25(28-11-6-16-34-28)17-29(33)31-18-21-7-2-1-3-8-21/h1-16,20,25H,17-19H2,(H,31,33)/t25-/m0/s1. The van der Waals surface area contributed by atoms with Crippen LogP contribution in [0.4, 0.5) is 4.39 Å². The normalized spacial score (nSPS) is 12.0. The number of hydrogen-bond donors (Lipinski definition) is 1. The van der Waals surface area contributed by atoms with Crippen molar-refractivity contribution in [3.63, 3.8) is 0 Å². The third-order valence-electron chi connectivity index (χ3n) is 6.07. The summed E-state index contributed by atoms with van der Waals surface area (Å²) >= 11 is 1.67. The zero-order chi connectivity index (χ0) is 23.3. The SMILES string of the molecule is O=C(C[C@H](c1cccs1)c1cn(Cc2ccc(F)cc2)c2ccccc12)NCc1ccccc1. The molecular formula is C29H25FN2OS. The molecule has 0 unspecified atom stereocenters. The van der Waals surface area contributed by atoms with Crippen molar-refractivity contribution in [3.8, 4) is 0 Å². The van der Waals surface area contributed by atoms with Gasteiger partial charge in [-0.05, 0) is 46.3 Å². The van der Waals surface area contributed by atoms with Crippen LogP contribution in [0.3, 0.4) is 0 Å². The molecule has 2 heterocycles. The van der Waals surface area contributed by atoms with Gasteiger partial charge in [-0.15, -0.1) is 11.3 Å². The molecule has 0 bridgehead atoms. The van der Waals surface area contributed by atoms with Crippen LogP contribution in [0.1, 0.15) is 33.9 Å². The van der Waals surface area contributed by atoms with E-state index in [1.807, 2.05) is 60.7 Å². The molecule has 0 aliphatic heterocycles. The number of amides is 1. The van der Waals surface area contributed by atoms with E-state index in [4.69, 9.17) is 0 Å². The van der Waals surface area contributed by atoms with Gasteiger partial charge in [0.15, 0.2) is 0 Å². The number of carbonyl (C=O) groups is 1. The first kappa shape index (κ1) is 22.1. The maximum atomic E-state index is 13.4. The summed E-state index contributed by atoms with van der Waals surface area (Å²) in [5.41, 5.74) is 4.35. The third-order valence-corrected chi connectivity index (χ3v) is 7.06. The van der Waals surface area contributed by atoms with Gasteiger partial charge in [-0.25, -0.2) is 4.39 Å². The van der Waals surface area contributed by atoms with E-state index in [9.17, 15) is 9.18 Å². The van der Waals surface area contributed by atoms with Gasteiger partial charge in [0.25, 0.3) is 0 Å². The lowest BCUT2D eigenvalue weighted by Crippen LogP contribution is -2.24. The van der Waals surface area contributed by atoms with Crippen molar-refractivity contribution in [3.05, 3.63) is 130 Å². The zero-order valence-electron chi connectivity index (χ0n) is 18.7. The number of para-hydroxylation sites is 1. The number of hydrogen-bond acceptors (Lipinski definition) is 2. The van der Waals surface area contributed by atoms with Crippen molar-refractivity contribution >= 4 is 28.1 Å². The first-order chi connectivity index (χ1) is 16.7. The minimum absolute atomic E-state index is 0.0256. The Bertz CT molecular complexity index is 1380. The van der Waals surface area contributed by atoms with Crippen LogP contribution < -0.4 is 5.32 Å².